The van der Waals surface area contributed by atoms with E-state index in [1.807, 2.05) is 0 Å². The van der Waals surface area contributed by atoms with Crippen LogP contribution in [0.2, 0.25) is 0 Å². The number of alkyl halides is 2. The Hall–Kier alpha value is 0.170. The van der Waals surface area contributed by atoms with Gasteiger partial charge in [0.05, 0.1) is 6.54 Å². The predicted molar refractivity (Wildman–Crippen MR) is 34.7 cm³/mol. The first-order chi connectivity index (χ1) is 4.10. The van der Waals surface area contributed by atoms with E-state index in [1.54, 1.807) is 0 Å². The molecule has 4 heteroatoms. The maximum atomic E-state index is 12.4. The van der Waals surface area contributed by atoms with E-state index >= 15 is 0 Å². The third kappa shape index (κ3) is 2.10. The van der Waals surface area contributed by atoms with Crippen molar-refractivity contribution in [3.05, 3.63) is 0 Å². The van der Waals surface area contributed by atoms with Crippen LogP contribution in [0.5, 0.6) is 0 Å². The molecule has 0 aromatic rings. The summed E-state index contributed by atoms with van der Waals surface area (Å²) in [5.41, 5.74) is 0. The molecule has 0 radical (unpaired) electrons. The Morgan fingerprint density at radius 2 is 2.11 bits per heavy atom. The van der Waals surface area contributed by atoms with E-state index < -0.39 is 5.92 Å². The molecule has 0 bridgehead atoms. The van der Waals surface area contributed by atoms with E-state index in [9.17, 15) is 8.78 Å². The van der Waals surface area contributed by atoms with Crippen LogP contribution in [0.1, 0.15) is 12.8 Å². The third-order valence-electron chi connectivity index (χ3n) is 1.37. The van der Waals surface area contributed by atoms with E-state index in [2.05, 4.69) is 12.8 Å². The Morgan fingerprint density at radius 3 is 2.44 bits per heavy atom. The number of piperidine rings is 1. The Morgan fingerprint density at radius 1 is 1.44 bits per heavy atom. The molecule has 1 aliphatic rings. The lowest BCUT2D eigenvalue weighted by Crippen LogP contribution is -2.37. The van der Waals surface area contributed by atoms with E-state index in [0.717, 1.165) is 0 Å². The highest BCUT2D eigenvalue weighted by Gasteiger charge is 2.33. The molecule has 0 aromatic carbocycles. The average Bonchev–Trinajstić information content (AvgIpc) is 1.60. The molecule has 1 fully saturated rings. The lowest BCUT2D eigenvalue weighted by molar-refractivity contribution is -0.0406. The summed E-state index contributed by atoms with van der Waals surface area (Å²) in [6.45, 7) is 0.481. The quantitative estimate of drug-likeness (QED) is 0.517. The molecule has 9 heavy (non-hydrogen) atoms. The fourth-order valence-electron chi connectivity index (χ4n) is 0.945. The molecule has 0 N–H and O–H groups in total. The average molecular weight is 153 g/mol. The summed E-state index contributed by atoms with van der Waals surface area (Å²) in [5.74, 6) is -2.50. The number of nitrogens with zero attached hydrogens (tertiary/aromatic N) is 1. The molecule has 0 aromatic heterocycles. The summed E-state index contributed by atoms with van der Waals surface area (Å²) in [6, 6.07) is 0. The van der Waals surface area contributed by atoms with E-state index in [-0.39, 0.29) is 13.0 Å². The number of thiol groups is 1. The van der Waals surface area contributed by atoms with Crippen molar-refractivity contribution in [2.75, 3.05) is 13.1 Å². The van der Waals surface area contributed by atoms with Crippen LogP contribution in [-0.4, -0.2) is 23.3 Å². The van der Waals surface area contributed by atoms with Crippen LogP contribution in [0.25, 0.3) is 0 Å². The van der Waals surface area contributed by atoms with Gasteiger partial charge in [-0.25, -0.2) is 13.1 Å². The lowest BCUT2D eigenvalue weighted by Gasteiger charge is -2.27. The Labute approximate surface area is 58.6 Å². The molecule has 0 spiro atoms. The minimum Gasteiger partial charge on any atom is -0.247 e. The second-order valence-corrected chi connectivity index (χ2v) is 2.91. The highest BCUT2D eigenvalue weighted by atomic mass is 32.1. The molecule has 1 rings (SSSR count). The summed E-state index contributed by atoms with van der Waals surface area (Å²) in [4.78, 5) is 0. The van der Waals surface area contributed by atoms with Gasteiger partial charge in [-0.05, 0) is 6.42 Å². The highest BCUT2D eigenvalue weighted by molar-refractivity contribution is 7.77. The van der Waals surface area contributed by atoms with Crippen molar-refractivity contribution in [2.45, 2.75) is 18.8 Å². The molecule has 1 aliphatic heterocycles. The molecule has 1 nitrogen and oxygen atoms in total. The number of halogens is 2. The zero-order chi connectivity index (χ0) is 6.91. The Balaban J connectivity index is 2.41. The zero-order valence-corrected chi connectivity index (χ0v) is 5.87. The SMILES string of the molecule is FC1(F)CCCN(S)C1. The first-order valence-electron chi connectivity index (χ1n) is 2.92. The van der Waals surface area contributed by atoms with Crippen LogP contribution in [0.3, 0.4) is 0 Å². The number of rotatable bonds is 0. The van der Waals surface area contributed by atoms with Crippen LogP contribution in [0.15, 0.2) is 0 Å². The van der Waals surface area contributed by atoms with Gasteiger partial charge >= 0.3 is 0 Å². The first kappa shape index (κ1) is 7.28. The molecule has 0 amide bonds. The molecule has 1 saturated heterocycles. The van der Waals surface area contributed by atoms with Crippen LogP contribution in [0, 0.1) is 0 Å². The summed E-state index contributed by atoms with van der Waals surface area (Å²) < 4.78 is 26.1. The number of hydrogen-bond acceptors (Lipinski definition) is 2. The largest absolute Gasteiger partial charge is 0.261 e. The molecular formula is C5H9F2NS. The van der Waals surface area contributed by atoms with Crippen LogP contribution in [0.4, 0.5) is 8.78 Å². The van der Waals surface area contributed by atoms with Crippen molar-refractivity contribution in [3.8, 4) is 0 Å². The van der Waals surface area contributed by atoms with Gasteiger partial charge in [-0.1, -0.05) is 12.8 Å². The summed E-state index contributed by atoms with van der Waals surface area (Å²) in [6.07, 6.45) is 0.570. The fourth-order valence-corrected chi connectivity index (χ4v) is 1.29. The van der Waals surface area contributed by atoms with Gasteiger partial charge in [-0.15, -0.1) is 0 Å². The van der Waals surface area contributed by atoms with Crippen molar-refractivity contribution in [3.63, 3.8) is 0 Å². The second kappa shape index (κ2) is 2.42. The van der Waals surface area contributed by atoms with Crippen molar-refractivity contribution in [2.24, 2.45) is 0 Å². The fraction of sp³-hybridized carbons (Fsp3) is 1.00. The van der Waals surface area contributed by atoms with Crippen molar-refractivity contribution < 1.29 is 8.78 Å². The summed E-state index contributed by atoms with van der Waals surface area (Å²) >= 11 is 3.83. The van der Waals surface area contributed by atoms with Gasteiger partial charge in [-0.3, -0.25) is 0 Å². The normalized spacial score (nSPS) is 28.3. The topological polar surface area (TPSA) is 3.24 Å². The molecule has 0 aliphatic carbocycles. The zero-order valence-electron chi connectivity index (χ0n) is 4.98. The van der Waals surface area contributed by atoms with Gasteiger partial charge in [0.15, 0.2) is 0 Å². The molecular weight excluding hydrogens is 144 g/mol. The minimum atomic E-state index is -2.50. The van der Waals surface area contributed by atoms with Crippen molar-refractivity contribution >= 4 is 12.8 Å². The Bertz CT molecular complexity index is 107. The standard InChI is InChI=1S/C5H9F2NS/c6-5(7)2-1-3-8(9)4-5/h9H,1-4H2. The van der Waals surface area contributed by atoms with Crippen LogP contribution in [-0.2, 0) is 0 Å². The highest BCUT2D eigenvalue weighted by Crippen LogP contribution is 2.26. The molecule has 0 saturated carbocycles. The van der Waals surface area contributed by atoms with Gasteiger partial charge in [0.2, 0.25) is 0 Å². The van der Waals surface area contributed by atoms with Gasteiger partial charge in [0.1, 0.15) is 0 Å². The maximum absolute atomic E-state index is 12.4. The van der Waals surface area contributed by atoms with Crippen molar-refractivity contribution in [1.82, 2.24) is 4.31 Å². The van der Waals surface area contributed by atoms with Crippen LogP contribution >= 0.6 is 12.8 Å². The monoisotopic (exact) mass is 153 g/mol. The first-order valence-corrected chi connectivity index (χ1v) is 3.32. The van der Waals surface area contributed by atoms with E-state index in [0.29, 0.717) is 13.0 Å². The smallest absolute Gasteiger partial charge is 0.247 e. The molecule has 0 unspecified atom stereocenters. The van der Waals surface area contributed by atoms with Gasteiger partial charge in [-0.2, -0.15) is 0 Å². The maximum Gasteiger partial charge on any atom is 0.261 e. The predicted octanol–water partition coefficient (Wildman–Crippen LogP) is 1.56. The second-order valence-electron chi connectivity index (χ2n) is 2.35. The molecule has 1 heterocycles. The number of hydrogen-bond donors (Lipinski definition) is 1. The Kier molecular flexibility index (Phi) is 1.96. The summed E-state index contributed by atoms with van der Waals surface area (Å²) in [5, 5.41) is 0. The van der Waals surface area contributed by atoms with Gasteiger partial charge in [0, 0.05) is 13.0 Å². The van der Waals surface area contributed by atoms with Crippen molar-refractivity contribution in [1.29, 1.82) is 0 Å². The van der Waals surface area contributed by atoms with E-state index in [4.69, 9.17) is 0 Å². The van der Waals surface area contributed by atoms with Gasteiger partial charge < -0.3 is 0 Å². The van der Waals surface area contributed by atoms with Gasteiger partial charge in [0.25, 0.3) is 5.92 Å². The third-order valence-corrected chi connectivity index (χ3v) is 1.71. The molecule has 0 atom stereocenters. The van der Waals surface area contributed by atoms with Crippen LogP contribution < -0.4 is 0 Å². The minimum absolute atomic E-state index is 0.0179. The summed E-state index contributed by atoms with van der Waals surface area (Å²) in [7, 11) is 0. The van der Waals surface area contributed by atoms with E-state index in [1.165, 1.54) is 4.31 Å². The lowest BCUT2D eigenvalue weighted by atomic mass is 10.1. The molecule has 54 valence electrons.